The van der Waals surface area contributed by atoms with Crippen molar-refractivity contribution in [3.63, 3.8) is 0 Å². The third-order valence-corrected chi connectivity index (χ3v) is 5.12. The molecule has 20 heavy (non-hydrogen) atoms. The van der Waals surface area contributed by atoms with E-state index in [1.807, 2.05) is 0 Å². The predicted molar refractivity (Wildman–Crippen MR) is 88.6 cm³/mol. The number of benzene rings is 2. The summed E-state index contributed by atoms with van der Waals surface area (Å²) in [4.78, 5) is 11.5. The highest BCUT2D eigenvalue weighted by Crippen LogP contribution is 2.48. The summed E-state index contributed by atoms with van der Waals surface area (Å²) in [6.07, 6.45) is 0. The molecule has 2 aromatic rings. The minimum Gasteiger partial charge on any atom is -0.737 e. The lowest BCUT2D eigenvalue weighted by molar-refractivity contribution is 0.109. The van der Waals surface area contributed by atoms with E-state index in [1.165, 1.54) is 0 Å². The van der Waals surface area contributed by atoms with E-state index in [0.29, 0.717) is 16.7 Å². The van der Waals surface area contributed by atoms with Crippen LogP contribution >= 0.6 is 58.0 Å². The number of halogens is 5. The zero-order valence-corrected chi connectivity index (χ0v) is 14.1. The molecule has 0 radical (unpaired) electrons. The summed E-state index contributed by atoms with van der Waals surface area (Å²) >= 11 is 35.0. The van der Waals surface area contributed by atoms with Crippen molar-refractivity contribution in [2.24, 2.45) is 0 Å². The van der Waals surface area contributed by atoms with Gasteiger partial charge in [-0.3, -0.25) is 0 Å². The molecule has 2 aromatic carbocycles. The Labute approximate surface area is 146 Å². The van der Waals surface area contributed by atoms with Gasteiger partial charge in [-0.05, 0) is 5.56 Å². The van der Waals surface area contributed by atoms with E-state index in [9.17, 15) is 4.79 Å². The Bertz CT molecular complexity index is 685. The van der Waals surface area contributed by atoms with Gasteiger partial charge in [-0.1, -0.05) is 82.3 Å². The summed E-state index contributed by atoms with van der Waals surface area (Å²) in [5.74, 6) is 0. The molecular formula is C13H4Cl5OS-. The minimum absolute atomic E-state index is 0.0641. The van der Waals surface area contributed by atoms with Crippen LogP contribution in [0.4, 0.5) is 0 Å². The molecule has 104 valence electrons. The molecule has 0 aliphatic heterocycles. The van der Waals surface area contributed by atoms with Crippen LogP contribution in [0.5, 0.6) is 0 Å². The fourth-order valence-electron chi connectivity index (χ4n) is 1.72. The molecule has 0 N–H and O–H groups in total. The van der Waals surface area contributed by atoms with Gasteiger partial charge in [-0.2, -0.15) is 0 Å². The van der Waals surface area contributed by atoms with Gasteiger partial charge in [-0.25, -0.2) is 0 Å². The molecule has 0 amide bonds. The highest BCUT2D eigenvalue weighted by Gasteiger charge is 2.21. The Kier molecular flexibility index (Phi) is 5.06. The van der Waals surface area contributed by atoms with Crippen molar-refractivity contribution in [3.05, 3.63) is 54.9 Å². The Morgan fingerprint density at radius 1 is 0.800 bits per heavy atom. The van der Waals surface area contributed by atoms with Crippen LogP contribution in [0.1, 0.15) is 10.4 Å². The maximum Gasteiger partial charge on any atom is 0.0809 e. The lowest BCUT2D eigenvalue weighted by atomic mass is 10.00. The summed E-state index contributed by atoms with van der Waals surface area (Å²) in [6.45, 7) is 0. The Balaban J connectivity index is 2.88. The van der Waals surface area contributed by atoms with E-state index in [4.69, 9.17) is 70.6 Å². The van der Waals surface area contributed by atoms with Gasteiger partial charge in [0, 0.05) is 16.2 Å². The van der Waals surface area contributed by atoms with E-state index in [1.54, 1.807) is 24.3 Å². The first-order valence-corrected chi connectivity index (χ1v) is 7.48. The quantitative estimate of drug-likeness (QED) is 0.342. The van der Waals surface area contributed by atoms with Crippen molar-refractivity contribution in [1.82, 2.24) is 0 Å². The van der Waals surface area contributed by atoms with Crippen LogP contribution in [-0.2, 0) is 12.6 Å². The molecule has 1 nitrogen and oxygen atoms in total. The average Bonchev–Trinajstić information content (AvgIpc) is 2.43. The van der Waals surface area contributed by atoms with Crippen molar-refractivity contribution in [3.8, 4) is 11.1 Å². The van der Waals surface area contributed by atoms with E-state index in [2.05, 4.69) is 0 Å². The van der Waals surface area contributed by atoms with Crippen molar-refractivity contribution in [1.29, 1.82) is 0 Å². The van der Waals surface area contributed by atoms with E-state index >= 15 is 0 Å². The third kappa shape index (κ3) is 2.74. The van der Waals surface area contributed by atoms with Crippen LogP contribution in [0.3, 0.4) is 0 Å². The van der Waals surface area contributed by atoms with Crippen LogP contribution in [0.15, 0.2) is 24.3 Å². The fraction of sp³-hybridized carbons (Fsp3) is 0. The second kappa shape index (κ2) is 6.27. The first kappa shape index (κ1) is 16.2. The summed E-state index contributed by atoms with van der Waals surface area (Å²) < 4.78 is 0. The third-order valence-electron chi connectivity index (χ3n) is 2.63. The van der Waals surface area contributed by atoms with E-state index < -0.39 is 5.12 Å². The highest BCUT2D eigenvalue weighted by atomic mass is 35.5. The molecule has 0 heterocycles. The molecule has 0 saturated heterocycles. The van der Waals surface area contributed by atoms with Gasteiger partial charge in [0.05, 0.1) is 25.1 Å². The topological polar surface area (TPSA) is 17.1 Å². The van der Waals surface area contributed by atoms with E-state index in [0.717, 1.165) is 0 Å². The smallest absolute Gasteiger partial charge is 0.0809 e. The van der Waals surface area contributed by atoms with Crippen molar-refractivity contribution >= 4 is 75.7 Å². The molecule has 0 bridgehead atoms. The number of carbonyl (C=O) groups is 1. The summed E-state index contributed by atoms with van der Waals surface area (Å²) in [5.41, 5.74) is 1.09. The van der Waals surface area contributed by atoms with Gasteiger partial charge < -0.3 is 17.4 Å². The molecule has 0 aliphatic rings. The SMILES string of the molecule is O=C([S-])c1ccccc1-c1c(Cl)c(Cl)c(Cl)c(Cl)c1Cl. The standard InChI is InChI=1S/C13H5Cl5OS/c14-8-7(9(15)11(17)12(18)10(8)16)5-3-1-2-4-6(5)13(19)20/h1-4H,(H,19,20)/p-1. The zero-order chi connectivity index (χ0) is 15.0. The van der Waals surface area contributed by atoms with Gasteiger partial charge in [0.1, 0.15) is 0 Å². The summed E-state index contributed by atoms with van der Waals surface area (Å²) in [7, 11) is 0. The van der Waals surface area contributed by atoms with E-state index in [-0.39, 0.29) is 25.1 Å². The van der Waals surface area contributed by atoms with Crippen molar-refractivity contribution in [2.45, 2.75) is 0 Å². The number of hydrogen-bond donors (Lipinski definition) is 0. The predicted octanol–water partition coefficient (Wildman–Crippen LogP) is 6.31. The molecule has 0 spiro atoms. The molecule has 0 aromatic heterocycles. The Morgan fingerprint density at radius 3 is 1.75 bits per heavy atom. The molecular weight excluding hydrogens is 381 g/mol. The van der Waals surface area contributed by atoms with Crippen LogP contribution in [0.2, 0.25) is 25.1 Å². The summed E-state index contributed by atoms with van der Waals surface area (Å²) in [6, 6.07) is 6.64. The normalized spacial score (nSPS) is 10.7. The highest BCUT2D eigenvalue weighted by molar-refractivity contribution is 7.77. The van der Waals surface area contributed by atoms with Gasteiger partial charge >= 0.3 is 0 Å². The van der Waals surface area contributed by atoms with Gasteiger partial charge in [0.2, 0.25) is 0 Å². The van der Waals surface area contributed by atoms with Crippen LogP contribution in [0, 0.1) is 0 Å². The molecule has 7 heteroatoms. The molecule has 0 fully saturated rings. The summed E-state index contributed by atoms with van der Waals surface area (Å²) in [5, 5.41) is -0.0811. The maximum absolute atomic E-state index is 11.5. The lowest BCUT2D eigenvalue weighted by Gasteiger charge is -2.16. The average molecular weight is 386 g/mol. The molecule has 0 atom stereocenters. The first-order valence-electron chi connectivity index (χ1n) is 5.18. The lowest BCUT2D eigenvalue weighted by Crippen LogP contribution is -1.98. The molecule has 0 unspecified atom stereocenters. The molecule has 0 saturated carbocycles. The Hall–Kier alpha value is -0.220. The maximum atomic E-state index is 11.5. The molecule has 2 rings (SSSR count). The molecule has 0 aliphatic carbocycles. The van der Waals surface area contributed by atoms with Crippen LogP contribution in [-0.4, -0.2) is 5.12 Å². The van der Waals surface area contributed by atoms with Crippen molar-refractivity contribution in [2.75, 3.05) is 0 Å². The number of hydrogen-bond acceptors (Lipinski definition) is 2. The second-order valence-corrected chi connectivity index (χ2v) is 6.04. The number of rotatable bonds is 2. The zero-order valence-electron chi connectivity index (χ0n) is 9.52. The first-order chi connectivity index (χ1) is 9.36. The Morgan fingerprint density at radius 2 is 1.25 bits per heavy atom. The fourth-order valence-corrected chi connectivity index (χ4v) is 3.24. The van der Waals surface area contributed by atoms with Crippen molar-refractivity contribution < 1.29 is 4.79 Å². The number of carbonyl (C=O) groups excluding carboxylic acids is 1. The largest absolute Gasteiger partial charge is 0.737 e. The van der Waals surface area contributed by atoms with Gasteiger partial charge in [-0.15, -0.1) is 0 Å². The van der Waals surface area contributed by atoms with Crippen LogP contribution in [0.25, 0.3) is 11.1 Å². The monoisotopic (exact) mass is 383 g/mol. The van der Waals surface area contributed by atoms with Gasteiger partial charge in [0.15, 0.2) is 0 Å². The van der Waals surface area contributed by atoms with Crippen LogP contribution < -0.4 is 0 Å². The second-order valence-electron chi connectivity index (χ2n) is 3.78. The minimum atomic E-state index is -0.532. The van der Waals surface area contributed by atoms with Gasteiger partial charge in [0.25, 0.3) is 0 Å².